The van der Waals surface area contributed by atoms with Crippen molar-refractivity contribution in [3.05, 3.63) is 62.7 Å². The number of benzene rings is 1. The molecule has 2 aromatic heterocycles. The van der Waals surface area contributed by atoms with Gasteiger partial charge >= 0.3 is 0 Å². The number of anilines is 2. The Morgan fingerprint density at radius 1 is 1.15 bits per heavy atom. The van der Waals surface area contributed by atoms with E-state index in [0.29, 0.717) is 29.7 Å². The lowest BCUT2D eigenvalue weighted by Crippen LogP contribution is -2.48. The predicted molar refractivity (Wildman–Crippen MR) is 137 cm³/mol. The number of halogens is 1. The number of aromatic amines is 1. The number of nitrogens with one attached hydrogen (secondary N) is 3. The van der Waals surface area contributed by atoms with Gasteiger partial charge in [-0.2, -0.15) is 0 Å². The van der Waals surface area contributed by atoms with Crippen LogP contribution in [0.4, 0.5) is 11.5 Å². The fourth-order valence-electron chi connectivity index (χ4n) is 5.79. The molecule has 2 unspecified atom stereocenters. The molecule has 0 radical (unpaired) electrons. The second kappa shape index (κ2) is 8.99. The molecular formula is C26H32ClN5O. The summed E-state index contributed by atoms with van der Waals surface area (Å²) < 4.78 is 0. The molecule has 0 aliphatic carbocycles. The van der Waals surface area contributed by atoms with Gasteiger partial charge in [-0.1, -0.05) is 11.6 Å². The van der Waals surface area contributed by atoms with Crippen LogP contribution in [0, 0.1) is 13.8 Å². The van der Waals surface area contributed by atoms with Crippen LogP contribution in [0.5, 0.6) is 0 Å². The standard InChI is InChI=1S/C26H32ClN5O/c1-4-32(20-12-18-5-6-19(13-20)31-18)24-11-17(27)10-22-21(24)7-8-28-25(22)29-14-23-15(2)9-16(3)30-26(23)33/h7-11,18-20,31H,4-6,12-14H2,1-3H3,(H,28,29)(H,30,33). The molecule has 3 aromatic rings. The maximum absolute atomic E-state index is 12.5. The summed E-state index contributed by atoms with van der Waals surface area (Å²) in [6.45, 7) is 7.43. The van der Waals surface area contributed by atoms with Crippen molar-refractivity contribution in [3.63, 3.8) is 0 Å². The van der Waals surface area contributed by atoms with E-state index in [1.807, 2.05) is 32.2 Å². The second-order valence-corrected chi connectivity index (χ2v) is 9.96. The van der Waals surface area contributed by atoms with Crippen LogP contribution in [0.15, 0.2) is 35.3 Å². The Hall–Kier alpha value is -2.57. The Kier molecular flexibility index (Phi) is 6.06. The van der Waals surface area contributed by atoms with Crippen LogP contribution in [0.1, 0.15) is 49.4 Å². The van der Waals surface area contributed by atoms with Crippen molar-refractivity contribution in [2.75, 3.05) is 16.8 Å². The summed E-state index contributed by atoms with van der Waals surface area (Å²) in [5, 5.41) is 9.98. The maximum Gasteiger partial charge on any atom is 0.253 e. The normalized spacial score (nSPS) is 22.0. The Bertz CT molecular complexity index is 1230. The highest BCUT2D eigenvalue weighted by Gasteiger charge is 2.36. The summed E-state index contributed by atoms with van der Waals surface area (Å²) in [7, 11) is 0. The molecule has 5 rings (SSSR count). The Morgan fingerprint density at radius 2 is 1.91 bits per heavy atom. The molecule has 0 saturated carbocycles. The van der Waals surface area contributed by atoms with Crippen LogP contribution in [0.3, 0.4) is 0 Å². The molecule has 2 atom stereocenters. The van der Waals surface area contributed by atoms with Gasteiger partial charge in [0.15, 0.2) is 0 Å². The first-order valence-corrected chi connectivity index (χ1v) is 12.3. The van der Waals surface area contributed by atoms with E-state index in [1.165, 1.54) is 31.4 Å². The van der Waals surface area contributed by atoms with Crippen molar-refractivity contribution < 1.29 is 0 Å². The third-order valence-electron chi connectivity index (χ3n) is 7.29. The molecule has 1 aromatic carbocycles. The molecule has 0 spiro atoms. The number of pyridine rings is 2. The molecule has 2 aliphatic heterocycles. The highest BCUT2D eigenvalue weighted by molar-refractivity contribution is 6.32. The van der Waals surface area contributed by atoms with Crippen molar-refractivity contribution in [2.24, 2.45) is 0 Å². The first-order valence-electron chi connectivity index (χ1n) is 12.0. The molecular weight excluding hydrogens is 434 g/mol. The monoisotopic (exact) mass is 465 g/mol. The second-order valence-electron chi connectivity index (χ2n) is 9.53. The minimum Gasteiger partial charge on any atom is -0.368 e. The van der Waals surface area contributed by atoms with Crippen LogP contribution in [-0.4, -0.2) is 34.6 Å². The fraction of sp³-hybridized carbons (Fsp3) is 0.462. The summed E-state index contributed by atoms with van der Waals surface area (Å²) in [6, 6.07) is 9.90. The summed E-state index contributed by atoms with van der Waals surface area (Å²) in [4.78, 5) is 22.5. The number of nitrogens with zero attached hydrogens (tertiary/aromatic N) is 2. The van der Waals surface area contributed by atoms with Gasteiger partial charge in [-0.3, -0.25) is 4.79 Å². The largest absolute Gasteiger partial charge is 0.368 e. The molecule has 3 N–H and O–H groups in total. The van der Waals surface area contributed by atoms with E-state index in [4.69, 9.17) is 11.6 Å². The molecule has 2 aliphatic rings. The number of fused-ring (bicyclic) bond motifs is 3. The first kappa shape index (κ1) is 22.2. The lowest BCUT2D eigenvalue weighted by molar-refractivity contribution is 0.349. The zero-order chi connectivity index (χ0) is 23.1. The van der Waals surface area contributed by atoms with Gasteiger partial charge in [-0.15, -0.1) is 0 Å². The summed E-state index contributed by atoms with van der Waals surface area (Å²) in [5.74, 6) is 0.747. The summed E-state index contributed by atoms with van der Waals surface area (Å²) >= 11 is 6.64. The number of hydrogen-bond acceptors (Lipinski definition) is 5. The van der Waals surface area contributed by atoms with Gasteiger partial charge in [-0.05, 0) is 76.3 Å². The van der Waals surface area contributed by atoms with Crippen LogP contribution >= 0.6 is 11.6 Å². The smallest absolute Gasteiger partial charge is 0.253 e. The lowest BCUT2D eigenvalue weighted by atomic mass is 9.96. The molecule has 2 saturated heterocycles. The molecule has 2 fully saturated rings. The van der Waals surface area contributed by atoms with Gasteiger partial charge in [-0.25, -0.2) is 4.98 Å². The quantitative estimate of drug-likeness (QED) is 0.482. The molecule has 6 nitrogen and oxygen atoms in total. The van der Waals surface area contributed by atoms with Gasteiger partial charge in [0.1, 0.15) is 5.82 Å². The molecule has 174 valence electrons. The van der Waals surface area contributed by atoms with Crippen LogP contribution in [0.25, 0.3) is 10.8 Å². The SMILES string of the molecule is CCN(c1cc(Cl)cc2c(NCc3c(C)cc(C)[nH]c3=O)nccc12)C1CC2CCC(C1)N2. The van der Waals surface area contributed by atoms with Gasteiger partial charge in [0.2, 0.25) is 0 Å². The topological polar surface area (TPSA) is 73.0 Å². The highest BCUT2D eigenvalue weighted by Crippen LogP contribution is 2.38. The van der Waals surface area contributed by atoms with E-state index >= 15 is 0 Å². The Balaban J connectivity index is 1.49. The van der Waals surface area contributed by atoms with Crippen LogP contribution in [0.2, 0.25) is 5.02 Å². The number of hydrogen-bond donors (Lipinski definition) is 3. The van der Waals surface area contributed by atoms with E-state index in [0.717, 1.165) is 40.0 Å². The third kappa shape index (κ3) is 4.34. The van der Waals surface area contributed by atoms with Crippen molar-refractivity contribution in [1.29, 1.82) is 0 Å². The van der Waals surface area contributed by atoms with E-state index in [9.17, 15) is 4.79 Å². The maximum atomic E-state index is 12.5. The van der Waals surface area contributed by atoms with Gasteiger partial charge in [0.05, 0.1) is 0 Å². The summed E-state index contributed by atoms with van der Waals surface area (Å²) in [5.41, 5.74) is 3.67. The van der Waals surface area contributed by atoms with Gasteiger partial charge < -0.3 is 20.5 Å². The van der Waals surface area contributed by atoms with Crippen molar-refractivity contribution in [2.45, 2.75) is 71.1 Å². The minimum atomic E-state index is -0.0587. The third-order valence-corrected chi connectivity index (χ3v) is 7.51. The van der Waals surface area contributed by atoms with E-state index in [2.05, 4.69) is 44.6 Å². The van der Waals surface area contributed by atoms with Crippen molar-refractivity contribution in [3.8, 4) is 0 Å². The molecule has 0 amide bonds. The number of H-pyrrole nitrogens is 1. The average Bonchev–Trinajstić information content (AvgIpc) is 3.11. The van der Waals surface area contributed by atoms with Crippen molar-refractivity contribution >= 4 is 33.9 Å². The number of aryl methyl sites for hydroxylation is 2. The Labute approximate surface area is 199 Å². The number of piperidine rings is 1. The number of rotatable bonds is 6. The summed E-state index contributed by atoms with van der Waals surface area (Å²) in [6.07, 6.45) is 6.75. The van der Waals surface area contributed by atoms with Crippen molar-refractivity contribution in [1.82, 2.24) is 15.3 Å². The Morgan fingerprint density at radius 3 is 2.61 bits per heavy atom. The van der Waals surface area contributed by atoms with E-state index < -0.39 is 0 Å². The zero-order valence-corrected chi connectivity index (χ0v) is 20.3. The molecule has 7 heteroatoms. The number of aromatic nitrogens is 2. The molecule has 4 heterocycles. The van der Waals surface area contributed by atoms with E-state index in [1.54, 1.807) is 0 Å². The average molecular weight is 466 g/mol. The zero-order valence-electron chi connectivity index (χ0n) is 19.5. The molecule has 33 heavy (non-hydrogen) atoms. The van der Waals surface area contributed by atoms with Crippen LogP contribution < -0.4 is 21.1 Å². The van der Waals surface area contributed by atoms with Gasteiger partial charge in [0.25, 0.3) is 5.56 Å². The van der Waals surface area contributed by atoms with Crippen LogP contribution in [-0.2, 0) is 6.54 Å². The fourth-order valence-corrected chi connectivity index (χ4v) is 6.00. The first-order chi connectivity index (χ1) is 15.9. The molecule has 2 bridgehead atoms. The van der Waals surface area contributed by atoms with Gasteiger partial charge in [0, 0.05) is 70.2 Å². The minimum absolute atomic E-state index is 0.0587. The lowest BCUT2D eigenvalue weighted by Gasteiger charge is -2.39. The predicted octanol–water partition coefficient (Wildman–Crippen LogP) is 4.91. The highest BCUT2D eigenvalue weighted by atomic mass is 35.5. The van der Waals surface area contributed by atoms with E-state index in [-0.39, 0.29) is 5.56 Å².